The van der Waals surface area contributed by atoms with Gasteiger partial charge in [0, 0.05) is 22.5 Å². The Balaban J connectivity index is 1.12. The maximum Gasteiger partial charge on any atom is 0.0468 e. The van der Waals surface area contributed by atoms with Crippen LogP contribution in [0.4, 0.5) is 17.1 Å². The zero-order valence-corrected chi connectivity index (χ0v) is 36.3. The fourth-order valence-electron chi connectivity index (χ4n) is 11.9. The molecular weight excluding hydrogens is 783 g/mol. The minimum Gasteiger partial charge on any atom is -0.310 e. The molecule has 0 bridgehead atoms. The first-order valence-electron chi connectivity index (χ1n) is 23.4. The maximum absolute atomic E-state index is 2.56. The van der Waals surface area contributed by atoms with E-state index in [9.17, 15) is 0 Å². The Kier molecular flexibility index (Phi) is 8.84. The molecule has 1 spiro atoms. The lowest BCUT2D eigenvalue weighted by Crippen LogP contribution is -2.28. The first-order valence-corrected chi connectivity index (χ1v) is 23.4. The van der Waals surface area contributed by atoms with Crippen LogP contribution in [0.5, 0.6) is 0 Å². The summed E-state index contributed by atoms with van der Waals surface area (Å²) in [6, 6.07) is 84.2. The standard InChI is InChI=1S/C64H47N/c1-5-20-44(21-6-1)56-42-57(45-22-7-2-8-23-45)62-54-29-14-13-27-51(54)58-40-49(34-36-55(58)63(62)61(56)46-24-9-3-10-25-46)65(48-32-31-43-19-11-12-26-47(43)39-48)50-33-35-53-52-28-15-16-30-59(52)64(60(53)41-50)37-17-4-18-38-64/h1-3,5-16,19-36,39-42H,4,17-18,37-38H2. The van der Waals surface area contributed by atoms with Crippen molar-refractivity contribution in [1.82, 2.24) is 0 Å². The number of nitrogens with zero attached hydrogens (tertiary/aromatic N) is 1. The molecule has 0 unspecified atom stereocenters. The normalized spacial score (nSPS) is 14.0. The van der Waals surface area contributed by atoms with Gasteiger partial charge in [-0.3, -0.25) is 0 Å². The summed E-state index contributed by atoms with van der Waals surface area (Å²) in [7, 11) is 0. The number of hydrogen-bond donors (Lipinski definition) is 0. The van der Waals surface area contributed by atoms with Gasteiger partial charge in [-0.25, -0.2) is 0 Å². The summed E-state index contributed by atoms with van der Waals surface area (Å²) >= 11 is 0. The van der Waals surface area contributed by atoms with E-state index in [2.05, 4.69) is 229 Å². The predicted octanol–water partition coefficient (Wildman–Crippen LogP) is 18.0. The van der Waals surface area contributed by atoms with E-state index in [1.807, 2.05) is 0 Å². The second kappa shape index (κ2) is 15.2. The molecule has 13 rings (SSSR count). The molecule has 1 saturated carbocycles. The summed E-state index contributed by atoms with van der Waals surface area (Å²) in [5.74, 6) is 0. The van der Waals surface area contributed by atoms with Gasteiger partial charge in [0.25, 0.3) is 0 Å². The van der Waals surface area contributed by atoms with Gasteiger partial charge in [-0.15, -0.1) is 0 Å². The van der Waals surface area contributed by atoms with Crippen molar-refractivity contribution in [3.63, 3.8) is 0 Å². The highest BCUT2D eigenvalue weighted by molar-refractivity contribution is 6.33. The molecule has 1 nitrogen and oxygen atoms in total. The van der Waals surface area contributed by atoms with Crippen LogP contribution in [0.1, 0.15) is 43.2 Å². The van der Waals surface area contributed by atoms with E-state index in [4.69, 9.17) is 0 Å². The molecule has 2 aliphatic rings. The van der Waals surface area contributed by atoms with Crippen molar-refractivity contribution in [2.45, 2.75) is 37.5 Å². The molecular formula is C64H47N. The molecule has 2 aliphatic carbocycles. The van der Waals surface area contributed by atoms with Crippen LogP contribution in [0.25, 0.3) is 87.6 Å². The summed E-state index contributed by atoms with van der Waals surface area (Å²) in [6.07, 6.45) is 6.24. The smallest absolute Gasteiger partial charge is 0.0468 e. The zero-order chi connectivity index (χ0) is 42.9. The van der Waals surface area contributed by atoms with Crippen molar-refractivity contribution in [2.75, 3.05) is 4.90 Å². The van der Waals surface area contributed by atoms with Gasteiger partial charge in [0.15, 0.2) is 0 Å². The largest absolute Gasteiger partial charge is 0.310 e. The third-order valence-corrected chi connectivity index (χ3v) is 14.8. The number of benzene rings is 11. The second-order valence-corrected chi connectivity index (χ2v) is 18.3. The lowest BCUT2D eigenvalue weighted by Gasteiger charge is -2.36. The molecule has 65 heavy (non-hydrogen) atoms. The molecule has 1 heteroatoms. The predicted molar refractivity (Wildman–Crippen MR) is 277 cm³/mol. The minimum absolute atomic E-state index is 0.0501. The van der Waals surface area contributed by atoms with E-state index in [1.54, 1.807) is 0 Å². The Morgan fingerprint density at radius 1 is 0.308 bits per heavy atom. The van der Waals surface area contributed by atoms with E-state index in [0.717, 1.165) is 11.4 Å². The average molecular weight is 830 g/mol. The first-order chi connectivity index (χ1) is 32.2. The lowest BCUT2D eigenvalue weighted by molar-refractivity contribution is 0.353. The van der Waals surface area contributed by atoms with Crippen molar-refractivity contribution < 1.29 is 0 Å². The number of hydrogen-bond acceptors (Lipinski definition) is 1. The molecule has 11 aromatic carbocycles. The topological polar surface area (TPSA) is 3.24 Å². The number of rotatable bonds is 6. The van der Waals surface area contributed by atoms with Crippen LogP contribution >= 0.6 is 0 Å². The molecule has 0 heterocycles. The highest BCUT2D eigenvalue weighted by atomic mass is 15.1. The van der Waals surface area contributed by atoms with E-state index in [0.29, 0.717) is 0 Å². The van der Waals surface area contributed by atoms with E-state index >= 15 is 0 Å². The third kappa shape index (κ3) is 5.99. The van der Waals surface area contributed by atoms with Crippen LogP contribution in [0, 0.1) is 0 Å². The Labute approximate surface area is 380 Å². The fraction of sp³-hybridized carbons (Fsp3) is 0.0938. The van der Waals surface area contributed by atoms with Gasteiger partial charge < -0.3 is 4.90 Å². The Morgan fingerprint density at radius 2 is 0.862 bits per heavy atom. The molecule has 0 aliphatic heterocycles. The highest BCUT2D eigenvalue weighted by Crippen LogP contribution is 2.57. The van der Waals surface area contributed by atoms with Gasteiger partial charge in [0.2, 0.25) is 0 Å². The summed E-state index contributed by atoms with van der Waals surface area (Å²) in [6.45, 7) is 0. The van der Waals surface area contributed by atoms with Crippen molar-refractivity contribution in [1.29, 1.82) is 0 Å². The molecule has 0 radical (unpaired) electrons. The van der Waals surface area contributed by atoms with E-state index in [-0.39, 0.29) is 5.41 Å². The molecule has 0 saturated heterocycles. The van der Waals surface area contributed by atoms with Crippen LogP contribution in [0.3, 0.4) is 0 Å². The van der Waals surface area contributed by atoms with Gasteiger partial charge in [0.1, 0.15) is 0 Å². The van der Waals surface area contributed by atoms with Gasteiger partial charge in [-0.1, -0.05) is 201 Å². The molecule has 0 aromatic heterocycles. The monoisotopic (exact) mass is 829 g/mol. The fourth-order valence-corrected chi connectivity index (χ4v) is 11.9. The summed E-state index contributed by atoms with van der Waals surface area (Å²) in [4.78, 5) is 2.53. The Bertz CT molecular complexity index is 3620. The Hall–Kier alpha value is -7.74. The SMILES string of the molecule is c1ccc(-c2cc(-c3ccccc3)c3c4ccccc4c4cc(N(c5ccc6c(c5)C5(CCCCC5)c5ccccc5-6)c5ccc6ccccc6c5)ccc4c3c2-c2ccccc2)cc1. The van der Waals surface area contributed by atoms with Crippen molar-refractivity contribution in [2.24, 2.45) is 0 Å². The summed E-state index contributed by atoms with van der Waals surface area (Å²) in [5.41, 5.74) is 16.8. The molecule has 11 aromatic rings. The maximum atomic E-state index is 2.56. The van der Waals surface area contributed by atoms with Crippen molar-refractivity contribution in [3.05, 3.63) is 236 Å². The van der Waals surface area contributed by atoms with Crippen LogP contribution in [-0.4, -0.2) is 0 Å². The van der Waals surface area contributed by atoms with Gasteiger partial charge in [-0.2, -0.15) is 0 Å². The highest BCUT2D eigenvalue weighted by Gasteiger charge is 2.44. The number of anilines is 3. The molecule has 0 atom stereocenters. The van der Waals surface area contributed by atoms with Crippen molar-refractivity contribution in [3.8, 4) is 44.5 Å². The molecule has 0 amide bonds. The van der Waals surface area contributed by atoms with Crippen LogP contribution in [0.15, 0.2) is 224 Å². The van der Waals surface area contributed by atoms with Gasteiger partial charge in [-0.05, 0) is 154 Å². The van der Waals surface area contributed by atoms with Crippen LogP contribution in [-0.2, 0) is 5.41 Å². The minimum atomic E-state index is 0.0501. The lowest BCUT2D eigenvalue weighted by atomic mass is 9.68. The first kappa shape index (κ1) is 37.8. The molecule has 1 fully saturated rings. The van der Waals surface area contributed by atoms with Crippen LogP contribution < -0.4 is 4.90 Å². The number of fused-ring (bicyclic) bond motifs is 12. The molecule has 0 N–H and O–H groups in total. The third-order valence-electron chi connectivity index (χ3n) is 14.8. The van der Waals surface area contributed by atoms with Gasteiger partial charge >= 0.3 is 0 Å². The summed E-state index contributed by atoms with van der Waals surface area (Å²) < 4.78 is 0. The molecule has 308 valence electrons. The second-order valence-electron chi connectivity index (χ2n) is 18.3. The van der Waals surface area contributed by atoms with E-state index in [1.165, 1.54) is 137 Å². The van der Waals surface area contributed by atoms with Gasteiger partial charge in [0.05, 0.1) is 0 Å². The quantitative estimate of drug-likeness (QED) is 0.151. The zero-order valence-electron chi connectivity index (χ0n) is 36.3. The van der Waals surface area contributed by atoms with E-state index < -0.39 is 0 Å². The van der Waals surface area contributed by atoms with Crippen molar-refractivity contribution >= 4 is 60.2 Å². The Morgan fingerprint density at radius 3 is 1.63 bits per heavy atom. The summed E-state index contributed by atoms with van der Waals surface area (Å²) in [5, 5.41) is 10.1. The van der Waals surface area contributed by atoms with Crippen LogP contribution in [0.2, 0.25) is 0 Å². The average Bonchev–Trinajstić information content (AvgIpc) is 3.64.